The van der Waals surface area contributed by atoms with E-state index in [9.17, 15) is 0 Å². The fraction of sp³-hybridized carbons (Fsp3) is 0.538. The molecule has 0 aromatic heterocycles. The van der Waals surface area contributed by atoms with Crippen LogP contribution < -0.4 is 0 Å². The second kappa shape index (κ2) is 9.95. The minimum Gasteiger partial charge on any atom is -0.0654 e. The van der Waals surface area contributed by atoms with Gasteiger partial charge in [0, 0.05) is 0 Å². The second-order valence-corrected chi connectivity index (χ2v) is 8.28. The van der Waals surface area contributed by atoms with Gasteiger partial charge in [0.2, 0.25) is 0 Å². The maximum atomic E-state index is 2.38. The van der Waals surface area contributed by atoms with Crippen LogP contribution in [0, 0.1) is 5.92 Å². The van der Waals surface area contributed by atoms with Gasteiger partial charge < -0.3 is 0 Å². The highest BCUT2D eigenvalue weighted by molar-refractivity contribution is 5.64. The van der Waals surface area contributed by atoms with E-state index in [2.05, 4.69) is 62.4 Å². The Labute approximate surface area is 161 Å². The molecule has 1 aliphatic rings. The molecule has 2 aromatic carbocycles. The fourth-order valence-electron chi connectivity index (χ4n) is 4.58. The van der Waals surface area contributed by atoms with Crippen LogP contribution in [-0.2, 0) is 6.42 Å². The summed E-state index contributed by atoms with van der Waals surface area (Å²) in [5, 5.41) is 0. The monoisotopic (exact) mass is 348 g/mol. The van der Waals surface area contributed by atoms with E-state index < -0.39 is 0 Å². The summed E-state index contributed by atoms with van der Waals surface area (Å²) < 4.78 is 0. The lowest BCUT2D eigenvalue weighted by molar-refractivity contribution is 0.308. The molecule has 0 spiro atoms. The van der Waals surface area contributed by atoms with Crippen molar-refractivity contribution in [1.82, 2.24) is 0 Å². The second-order valence-electron chi connectivity index (χ2n) is 8.28. The zero-order valence-electron chi connectivity index (χ0n) is 16.8. The number of aryl methyl sites for hydroxylation is 1. The lowest BCUT2D eigenvalue weighted by atomic mass is 9.77. The van der Waals surface area contributed by atoms with E-state index >= 15 is 0 Å². The van der Waals surface area contributed by atoms with Crippen LogP contribution in [0.1, 0.15) is 88.7 Å². The molecular formula is C26H36. The molecular weight excluding hydrogens is 312 g/mol. The van der Waals surface area contributed by atoms with Crippen molar-refractivity contribution in [2.45, 2.75) is 84.0 Å². The molecule has 0 aliphatic heterocycles. The summed E-state index contributed by atoms with van der Waals surface area (Å²) in [7, 11) is 0. The van der Waals surface area contributed by atoms with Crippen LogP contribution in [-0.4, -0.2) is 0 Å². The molecule has 26 heavy (non-hydrogen) atoms. The Bertz CT molecular complexity index is 627. The Morgan fingerprint density at radius 1 is 0.692 bits per heavy atom. The van der Waals surface area contributed by atoms with Crippen molar-refractivity contribution >= 4 is 0 Å². The average molecular weight is 349 g/mol. The first-order valence-corrected chi connectivity index (χ1v) is 11.0. The van der Waals surface area contributed by atoms with Gasteiger partial charge in [0.15, 0.2) is 0 Å². The molecule has 0 N–H and O–H groups in total. The highest BCUT2D eigenvalue weighted by Gasteiger charge is 2.21. The standard InChI is InChI=1S/C26H36/c1-3-5-6-8-22-11-15-24(16-12-22)26-19-17-25(18-20-26)23-13-9-21(7-4-2)10-14-23/h11-12,15-21,23H,3-10,13-14H2,1-2H3. The van der Waals surface area contributed by atoms with Gasteiger partial charge in [-0.05, 0) is 72.6 Å². The first kappa shape index (κ1) is 19.2. The lowest BCUT2D eigenvalue weighted by Gasteiger charge is -2.28. The van der Waals surface area contributed by atoms with E-state index in [1.165, 1.54) is 80.9 Å². The minimum absolute atomic E-state index is 0.790. The van der Waals surface area contributed by atoms with Crippen molar-refractivity contribution < 1.29 is 0 Å². The van der Waals surface area contributed by atoms with Gasteiger partial charge in [0.1, 0.15) is 0 Å². The first-order valence-electron chi connectivity index (χ1n) is 11.0. The van der Waals surface area contributed by atoms with Crippen molar-refractivity contribution in [1.29, 1.82) is 0 Å². The molecule has 0 bridgehead atoms. The third-order valence-corrected chi connectivity index (χ3v) is 6.28. The van der Waals surface area contributed by atoms with E-state index in [0.29, 0.717) is 0 Å². The molecule has 0 radical (unpaired) electrons. The van der Waals surface area contributed by atoms with E-state index in [1.54, 1.807) is 5.56 Å². The van der Waals surface area contributed by atoms with E-state index in [-0.39, 0.29) is 0 Å². The number of hydrogen-bond acceptors (Lipinski definition) is 0. The highest BCUT2D eigenvalue weighted by atomic mass is 14.3. The minimum atomic E-state index is 0.790. The quantitative estimate of drug-likeness (QED) is 0.422. The zero-order chi connectivity index (χ0) is 18.2. The third kappa shape index (κ3) is 5.22. The number of unbranched alkanes of at least 4 members (excludes halogenated alkanes) is 2. The topological polar surface area (TPSA) is 0 Å². The largest absolute Gasteiger partial charge is 0.0654 e. The SMILES string of the molecule is CCCCCc1ccc(-c2ccc(C3CCC(CCC)CC3)cc2)cc1. The van der Waals surface area contributed by atoms with Gasteiger partial charge in [0.05, 0.1) is 0 Å². The molecule has 0 saturated heterocycles. The predicted octanol–water partition coefficient (Wildman–Crippen LogP) is 8.16. The van der Waals surface area contributed by atoms with Crippen LogP contribution in [0.2, 0.25) is 0 Å². The van der Waals surface area contributed by atoms with Crippen molar-refractivity contribution in [3.63, 3.8) is 0 Å². The molecule has 0 atom stereocenters. The van der Waals surface area contributed by atoms with Gasteiger partial charge in [-0.3, -0.25) is 0 Å². The van der Waals surface area contributed by atoms with Crippen molar-refractivity contribution in [2.24, 2.45) is 5.92 Å². The Hall–Kier alpha value is -1.56. The van der Waals surface area contributed by atoms with Crippen LogP contribution >= 0.6 is 0 Å². The van der Waals surface area contributed by atoms with Gasteiger partial charge in [-0.25, -0.2) is 0 Å². The van der Waals surface area contributed by atoms with Gasteiger partial charge in [0.25, 0.3) is 0 Å². The number of hydrogen-bond donors (Lipinski definition) is 0. The first-order chi connectivity index (χ1) is 12.8. The third-order valence-electron chi connectivity index (χ3n) is 6.28. The maximum absolute atomic E-state index is 2.38. The van der Waals surface area contributed by atoms with Crippen molar-refractivity contribution in [3.05, 3.63) is 59.7 Å². The van der Waals surface area contributed by atoms with Crippen molar-refractivity contribution in [3.8, 4) is 11.1 Å². The fourth-order valence-corrected chi connectivity index (χ4v) is 4.58. The van der Waals surface area contributed by atoms with Crippen molar-refractivity contribution in [2.75, 3.05) is 0 Å². The summed E-state index contributed by atoms with van der Waals surface area (Å²) in [6.07, 6.45) is 13.6. The summed E-state index contributed by atoms with van der Waals surface area (Å²) in [6, 6.07) is 18.7. The Kier molecular flexibility index (Phi) is 7.35. The Morgan fingerprint density at radius 2 is 1.31 bits per heavy atom. The Balaban J connectivity index is 1.57. The lowest BCUT2D eigenvalue weighted by Crippen LogP contribution is -2.13. The summed E-state index contributed by atoms with van der Waals surface area (Å²) in [5.41, 5.74) is 5.73. The molecule has 1 fully saturated rings. The van der Waals surface area contributed by atoms with Gasteiger partial charge in [-0.2, -0.15) is 0 Å². The molecule has 0 heteroatoms. The predicted molar refractivity (Wildman–Crippen MR) is 115 cm³/mol. The zero-order valence-corrected chi connectivity index (χ0v) is 16.8. The van der Waals surface area contributed by atoms with Crippen LogP contribution in [0.15, 0.2) is 48.5 Å². The molecule has 140 valence electrons. The van der Waals surface area contributed by atoms with Crippen LogP contribution in [0.4, 0.5) is 0 Å². The summed E-state index contributed by atoms with van der Waals surface area (Å²) in [6.45, 7) is 4.59. The average Bonchev–Trinajstić information content (AvgIpc) is 2.70. The molecule has 0 unspecified atom stereocenters. The molecule has 0 heterocycles. The Morgan fingerprint density at radius 3 is 1.88 bits per heavy atom. The summed E-state index contributed by atoms with van der Waals surface area (Å²) >= 11 is 0. The van der Waals surface area contributed by atoms with Crippen LogP contribution in [0.25, 0.3) is 11.1 Å². The van der Waals surface area contributed by atoms with Crippen LogP contribution in [0.5, 0.6) is 0 Å². The number of rotatable bonds is 8. The van der Waals surface area contributed by atoms with E-state index in [0.717, 1.165) is 11.8 Å². The smallest absolute Gasteiger partial charge is 0.0162 e. The molecule has 2 aromatic rings. The maximum Gasteiger partial charge on any atom is -0.0162 e. The van der Waals surface area contributed by atoms with E-state index in [4.69, 9.17) is 0 Å². The molecule has 1 saturated carbocycles. The number of benzene rings is 2. The molecule has 1 aliphatic carbocycles. The van der Waals surface area contributed by atoms with Crippen LogP contribution in [0.3, 0.4) is 0 Å². The van der Waals surface area contributed by atoms with Gasteiger partial charge in [-0.1, -0.05) is 88.1 Å². The highest BCUT2D eigenvalue weighted by Crippen LogP contribution is 2.38. The van der Waals surface area contributed by atoms with Gasteiger partial charge >= 0.3 is 0 Å². The van der Waals surface area contributed by atoms with Gasteiger partial charge in [-0.15, -0.1) is 0 Å². The normalized spacial score (nSPS) is 20.2. The molecule has 3 rings (SSSR count). The van der Waals surface area contributed by atoms with E-state index in [1.807, 2.05) is 0 Å². The molecule has 0 amide bonds. The molecule has 0 nitrogen and oxygen atoms in total. The summed E-state index contributed by atoms with van der Waals surface area (Å²) in [5.74, 6) is 1.78. The summed E-state index contributed by atoms with van der Waals surface area (Å²) in [4.78, 5) is 0.